The molecule has 0 radical (unpaired) electrons. The number of thiazole rings is 2. The molecule has 288 valence electrons. The predicted octanol–water partition coefficient (Wildman–Crippen LogP) is 10.3. The van der Waals surface area contributed by atoms with Gasteiger partial charge in [0.25, 0.3) is 11.8 Å². The fourth-order valence-corrected chi connectivity index (χ4v) is 7.50. The van der Waals surface area contributed by atoms with Gasteiger partial charge in [0.15, 0.2) is 0 Å². The first kappa shape index (κ1) is 43.5. The minimum absolute atomic E-state index is 0.0156. The molecule has 2 amide bonds. The summed E-state index contributed by atoms with van der Waals surface area (Å²) < 4.78 is 11.2. The van der Waals surface area contributed by atoms with Crippen molar-refractivity contribution in [1.29, 1.82) is 0 Å². The summed E-state index contributed by atoms with van der Waals surface area (Å²) >= 11 is 5.46. The SMILES string of the molecule is COCC(C)NC(=O)c1cc(-c2ccc(C)cc2)cc(-c2scnc2C)c1.COCC(C)NC(=O)c1cc(I)cc(-c2ccc(C)cc2)c1.Cc1cscn1. The highest BCUT2D eigenvalue weighted by molar-refractivity contribution is 14.1. The molecule has 4 aromatic carbocycles. The van der Waals surface area contributed by atoms with Crippen molar-refractivity contribution in [3.05, 3.63) is 139 Å². The van der Waals surface area contributed by atoms with E-state index in [1.165, 1.54) is 11.1 Å². The van der Waals surface area contributed by atoms with Gasteiger partial charge in [-0.15, -0.1) is 22.7 Å². The number of benzene rings is 4. The summed E-state index contributed by atoms with van der Waals surface area (Å²) in [4.78, 5) is 34.5. The van der Waals surface area contributed by atoms with Gasteiger partial charge >= 0.3 is 0 Å². The Balaban J connectivity index is 0.000000215. The number of nitrogens with one attached hydrogen (secondary N) is 2. The molecule has 11 heteroatoms. The lowest BCUT2D eigenvalue weighted by molar-refractivity contribution is 0.0898. The van der Waals surface area contributed by atoms with Crippen LogP contribution in [0.5, 0.6) is 0 Å². The molecule has 0 aliphatic heterocycles. The van der Waals surface area contributed by atoms with Crippen LogP contribution in [-0.4, -0.2) is 61.3 Å². The summed E-state index contributed by atoms with van der Waals surface area (Å²) in [6.45, 7) is 12.9. The van der Waals surface area contributed by atoms with Crippen LogP contribution in [0.4, 0.5) is 0 Å². The second-order valence-electron chi connectivity index (χ2n) is 13.3. The van der Waals surface area contributed by atoms with Gasteiger partial charge in [-0.1, -0.05) is 59.7 Å². The van der Waals surface area contributed by atoms with E-state index in [-0.39, 0.29) is 23.9 Å². The van der Waals surface area contributed by atoms with E-state index in [0.717, 1.165) is 47.7 Å². The summed E-state index contributed by atoms with van der Waals surface area (Å²) in [5.74, 6) is -0.173. The zero-order valence-electron chi connectivity index (χ0n) is 32.6. The fraction of sp³-hybridized carbons (Fsp3) is 0.273. The molecule has 2 N–H and O–H groups in total. The van der Waals surface area contributed by atoms with E-state index in [1.807, 2.05) is 68.4 Å². The third kappa shape index (κ3) is 13.8. The van der Waals surface area contributed by atoms with Gasteiger partial charge in [-0.25, -0.2) is 4.98 Å². The number of carbonyl (C=O) groups is 2. The Hall–Kier alpha value is -4.27. The number of nitrogens with zero attached hydrogens (tertiary/aromatic N) is 2. The van der Waals surface area contributed by atoms with Crippen molar-refractivity contribution < 1.29 is 19.1 Å². The van der Waals surface area contributed by atoms with Crippen LogP contribution in [0, 0.1) is 31.3 Å². The molecule has 8 nitrogen and oxygen atoms in total. The van der Waals surface area contributed by atoms with Crippen molar-refractivity contribution in [3.8, 4) is 32.7 Å². The zero-order chi connectivity index (χ0) is 39.9. The van der Waals surface area contributed by atoms with Gasteiger partial charge in [-0.05, 0) is 128 Å². The second kappa shape index (κ2) is 21.7. The first-order valence-corrected chi connectivity index (χ1v) is 20.7. The molecule has 2 atom stereocenters. The molecular formula is C44H49IN4O4S2. The first-order valence-electron chi connectivity index (χ1n) is 17.8. The van der Waals surface area contributed by atoms with Crippen molar-refractivity contribution in [1.82, 2.24) is 20.6 Å². The van der Waals surface area contributed by atoms with Crippen LogP contribution >= 0.6 is 45.3 Å². The Morgan fingerprint density at radius 1 is 0.655 bits per heavy atom. The minimum atomic E-state index is -0.100. The molecule has 2 heterocycles. The Labute approximate surface area is 346 Å². The number of carbonyl (C=O) groups excluding carboxylic acids is 2. The van der Waals surface area contributed by atoms with Crippen LogP contribution in [0.1, 0.15) is 57.1 Å². The van der Waals surface area contributed by atoms with E-state index in [1.54, 1.807) is 36.9 Å². The summed E-state index contributed by atoms with van der Waals surface area (Å²) in [6, 6.07) is 28.5. The molecular weight excluding hydrogens is 840 g/mol. The van der Waals surface area contributed by atoms with Crippen LogP contribution in [0.2, 0.25) is 0 Å². The van der Waals surface area contributed by atoms with Gasteiger partial charge in [0, 0.05) is 52.1 Å². The highest BCUT2D eigenvalue weighted by atomic mass is 127. The lowest BCUT2D eigenvalue weighted by Gasteiger charge is -2.14. The monoisotopic (exact) mass is 888 g/mol. The van der Waals surface area contributed by atoms with Crippen LogP contribution in [0.3, 0.4) is 0 Å². The maximum atomic E-state index is 12.8. The minimum Gasteiger partial charge on any atom is -0.383 e. The normalized spacial score (nSPS) is 11.7. The van der Waals surface area contributed by atoms with Gasteiger partial charge in [-0.3, -0.25) is 14.6 Å². The van der Waals surface area contributed by atoms with Crippen LogP contribution in [-0.2, 0) is 9.47 Å². The highest BCUT2D eigenvalue weighted by Crippen LogP contribution is 2.33. The molecule has 2 unspecified atom stereocenters. The van der Waals surface area contributed by atoms with Gasteiger partial charge in [-0.2, -0.15) is 0 Å². The average Bonchev–Trinajstić information content (AvgIpc) is 3.83. The van der Waals surface area contributed by atoms with E-state index in [9.17, 15) is 9.59 Å². The molecule has 0 saturated heterocycles. The van der Waals surface area contributed by atoms with Gasteiger partial charge in [0.2, 0.25) is 0 Å². The van der Waals surface area contributed by atoms with E-state index < -0.39 is 0 Å². The number of methoxy groups -OCH3 is 2. The quantitative estimate of drug-likeness (QED) is 0.126. The lowest BCUT2D eigenvalue weighted by Crippen LogP contribution is -2.35. The largest absolute Gasteiger partial charge is 0.383 e. The lowest BCUT2D eigenvalue weighted by atomic mass is 9.97. The van der Waals surface area contributed by atoms with E-state index >= 15 is 0 Å². The predicted molar refractivity (Wildman–Crippen MR) is 236 cm³/mol. The number of aromatic nitrogens is 2. The number of hydrogen-bond donors (Lipinski definition) is 2. The number of rotatable bonds is 11. The van der Waals surface area contributed by atoms with Gasteiger partial charge in [0.1, 0.15) is 0 Å². The van der Waals surface area contributed by atoms with Gasteiger partial charge in [0.05, 0.1) is 34.8 Å². The van der Waals surface area contributed by atoms with E-state index in [0.29, 0.717) is 24.3 Å². The third-order valence-corrected chi connectivity index (χ3v) is 10.6. The van der Waals surface area contributed by atoms with Gasteiger partial charge < -0.3 is 20.1 Å². The molecule has 0 aliphatic rings. The number of halogens is 1. The first-order chi connectivity index (χ1) is 26.4. The maximum Gasteiger partial charge on any atom is 0.251 e. The molecule has 0 saturated carbocycles. The fourth-order valence-electron chi connectivity index (χ4n) is 5.49. The molecule has 0 aliphatic carbocycles. The van der Waals surface area contributed by atoms with Crippen molar-refractivity contribution >= 4 is 57.1 Å². The van der Waals surface area contributed by atoms with Crippen molar-refractivity contribution in [2.24, 2.45) is 0 Å². The second-order valence-corrected chi connectivity index (χ2v) is 16.1. The van der Waals surface area contributed by atoms with Crippen LogP contribution in [0.15, 0.2) is 101 Å². The number of aryl methyl sites for hydroxylation is 4. The summed E-state index contributed by atoms with van der Waals surface area (Å²) in [7, 11) is 3.26. The Bertz CT molecular complexity index is 2120. The summed E-state index contributed by atoms with van der Waals surface area (Å²) in [5.41, 5.74) is 14.8. The average molecular weight is 889 g/mol. The molecule has 0 bridgehead atoms. The van der Waals surface area contributed by atoms with Crippen molar-refractivity contribution in [3.63, 3.8) is 0 Å². The summed E-state index contributed by atoms with van der Waals surface area (Å²) in [5, 5.41) is 7.95. The smallest absolute Gasteiger partial charge is 0.251 e. The number of ether oxygens (including phenoxy) is 2. The standard InChI is InChI=1S/C22H24N2O2S.C18H20INO2.C4H5NS/c1-14-5-7-17(8-6-14)18-9-19(21-16(3)23-13-27-21)11-20(10-18)22(25)24-15(2)12-26-4;1-12-4-6-14(7-5-12)15-8-16(10-17(19)9-15)18(21)20-13(2)11-22-3;1-4-2-6-3-5-4/h5-11,13,15H,12H2,1-4H3,(H,24,25);4-10,13H,11H2,1-3H3,(H,20,21);2-3H,1H3. The molecule has 6 aromatic rings. The number of hydrogen-bond acceptors (Lipinski definition) is 8. The molecule has 0 spiro atoms. The Kier molecular flexibility index (Phi) is 17.2. The molecule has 2 aromatic heterocycles. The number of amides is 2. The van der Waals surface area contributed by atoms with E-state index in [2.05, 4.69) is 118 Å². The zero-order valence-corrected chi connectivity index (χ0v) is 36.4. The summed E-state index contributed by atoms with van der Waals surface area (Å²) in [6.07, 6.45) is 0. The Morgan fingerprint density at radius 2 is 1.15 bits per heavy atom. The van der Waals surface area contributed by atoms with E-state index in [4.69, 9.17) is 9.47 Å². The van der Waals surface area contributed by atoms with Crippen LogP contribution in [0.25, 0.3) is 32.7 Å². The highest BCUT2D eigenvalue weighted by Gasteiger charge is 2.16. The van der Waals surface area contributed by atoms with Crippen molar-refractivity contribution in [2.75, 3.05) is 27.4 Å². The van der Waals surface area contributed by atoms with Crippen LogP contribution < -0.4 is 10.6 Å². The molecule has 55 heavy (non-hydrogen) atoms. The molecule has 0 fully saturated rings. The maximum absolute atomic E-state index is 12.8. The van der Waals surface area contributed by atoms with Crippen molar-refractivity contribution in [2.45, 2.75) is 53.6 Å². The third-order valence-electron chi connectivity index (χ3n) is 8.28. The topological polar surface area (TPSA) is 102 Å². The molecule has 6 rings (SSSR count). The Morgan fingerprint density at radius 3 is 1.56 bits per heavy atom.